The van der Waals surface area contributed by atoms with E-state index in [1.807, 2.05) is 6.92 Å². The summed E-state index contributed by atoms with van der Waals surface area (Å²) < 4.78 is 0. The first kappa shape index (κ1) is 9.07. The van der Waals surface area contributed by atoms with Crippen molar-refractivity contribution in [2.75, 3.05) is 5.75 Å². The van der Waals surface area contributed by atoms with E-state index in [2.05, 4.69) is 12.6 Å². The Labute approximate surface area is 57.6 Å². The van der Waals surface area contributed by atoms with Gasteiger partial charge < -0.3 is 12.6 Å². The van der Waals surface area contributed by atoms with Gasteiger partial charge in [-0.15, -0.1) is 0 Å². The summed E-state index contributed by atoms with van der Waals surface area (Å²) in [7, 11) is 0. The van der Waals surface area contributed by atoms with Crippen LogP contribution in [0.15, 0.2) is 0 Å². The zero-order valence-corrected chi connectivity index (χ0v) is 6.35. The molecule has 0 saturated heterocycles. The maximum atomic E-state index is 4.39. The van der Waals surface area contributed by atoms with Gasteiger partial charge in [-0.2, -0.15) is 5.75 Å². The summed E-state index contributed by atoms with van der Waals surface area (Å²) in [6.45, 7) is 1.94. The van der Waals surface area contributed by atoms with Crippen molar-refractivity contribution in [3.8, 4) is 0 Å². The minimum atomic E-state index is 0. The molecule has 0 bridgehead atoms. The third-order valence-electron chi connectivity index (χ3n) is 0. The van der Waals surface area contributed by atoms with Gasteiger partial charge in [0.25, 0.3) is 0 Å². The molecule has 0 amide bonds. The Morgan fingerprint density at radius 3 is 1.75 bits per heavy atom. The molecule has 0 saturated carbocycles. The Bertz CT molecular complexity index is 6.00. The van der Waals surface area contributed by atoms with Gasteiger partial charge in [0.15, 0.2) is 0 Å². The van der Waals surface area contributed by atoms with Gasteiger partial charge in [-0.25, -0.2) is 0 Å². The quantitative estimate of drug-likeness (QED) is 0.454. The first-order valence-electron chi connectivity index (χ1n) is 0.996. The molecule has 2 heteroatoms. The summed E-state index contributed by atoms with van der Waals surface area (Å²) in [6.07, 6.45) is 0. The largest absolute Gasteiger partial charge is 0.793 e. The first-order valence-corrected chi connectivity index (χ1v) is 1.57. The number of hydrogen-bond acceptors (Lipinski definition) is 1. The molecule has 0 fully saturated rings. The second kappa shape index (κ2) is 8.82. The third kappa shape index (κ3) is 9.84. The van der Waals surface area contributed by atoms with Crippen LogP contribution in [0.1, 0.15) is 6.92 Å². The van der Waals surface area contributed by atoms with Crippen molar-refractivity contribution in [1.82, 2.24) is 0 Å². The zero-order chi connectivity index (χ0) is 2.71. The van der Waals surface area contributed by atoms with Gasteiger partial charge >= 0.3 is 0 Å². The molecule has 0 atom stereocenters. The Hall–Kier alpha value is 1.45. The van der Waals surface area contributed by atoms with Crippen molar-refractivity contribution in [1.29, 1.82) is 0 Å². The van der Waals surface area contributed by atoms with Crippen molar-refractivity contribution < 1.29 is 32.7 Å². The summed E-state index contributed by atoms with van der Waals surface area (Å²) in [6, 6.07) is 0. The molecule has 0 aliphatic rings. The van der Waals surface area contributed by atoms with Crippen molar-refractivity contribution in [3.63, 3.8) is 0 Å². The molecule has 0 spiro atoms. The summed E-state index contributed by atoms with van der Waals surface area (Å²) in [5, 5.41) is 0. The zero-order valence-electron chi connectivity index (χ0n) is 2.69. The monoisotopic (exact) mass is 150 g/mol. The van der Waals surface area contributed by atoms with Crippen molar-refractivity contribution in [3.05, 3.63) is 0 Å². The van der Waals surface area contributed by atoms with Crippen LogP contribution >= 0.6 is 0 Å². The third-order valence-corrected chi connectivity index (χ3v) is 0. The molecule has 1 radical (unpaired) electrons. The van der Waals surface area contributed by atoms with Crippen LogP contribution in [0.2, 0.25) is 0 Å². The summed E-state index contributed by atoms with van der Waals surface area (Å²) in [4.78, 5) is 0. The van der Waals surface area contributed by atoms with Crippen LogP contribution in [0.4, 0.5) is 0 Å². The van der Waals surface area contributed by atoms with E-state index in [4.69, 9.17) is 0 Å². The fraction of sp³-hybridized carbons (Fsp3) is 1.00. The van der Waals surface area contributed by atoms with Crippen LogP contribution in [0.25, 0.3) is 0 Å². The molecule has 4 heavy (non-hydrogen) atoms. The summed E-state index contributed by atoms with van der Waals surface area (Å²) in [5.41, 5.74) is 0. The van der Waals surface area contributed by atoms with Crippen molar-refractivity contribution in [2.45, 2.75) is 6.92 Å². The van der Waals surface area contributed by atoms with Gasteiger partial charge in [0.05, 0.1) is 0 Å². The second-order valence-electron chi connectivity index (χ2n) is 0.289. The van der Waals surface area contributed by atoms with E-state index < -0.39 is 0 Å². The number of rotatable bonds is 0. The minimum absolute atomic E-state index is 0. The second-order valence-corrected chi connectivity index (χ2v) is 0.866. The predicted octanol–water partition coefficient (Wildman–Crippen LogP) is 0.551. The maximum absolute atomic E-state index is 4.39. The van der Waals surface area contributed by atoms with Crippen LogP contribution in [0, 0.1) is 0 Å². The topological polar surface area (TPSA) is 0 Å². The van der Waals surface area contributed by atoms with Gasteiger partial charge in [-0.3, -0.25) is 0 Å². The molecule has 0 rings (SSSR count). The predicted molar refractivity (Wildman–Crippen MR) is 17.9 cm³/mol. The molecule has 0 heterocycles. The van der Waals surface area contributed by atoms with Crippen LogP contribution in [0.3, 0.4) is 0 Å². The van der Waals surface area contributed by atoms with Gasteiger partial charge in [-0.1, -0.05) is 6.92 Å². The SMILES string of the molecule is CC[S-].[Y]. The molecule has 23 valence electrons. The van der Waals surface area contributed by atoms with E-state index in [1.165, 1.54) is 0 Å². The fourth-order valence-corrected chi connectivity index (χ4v) is 0. The normalized spacial score (nSPS) is 4.50. The van der Waals surface area contributed by atoms with E-state index in [-0.39, 0.29) is 32.7 Å². The van der Waals surface area contributed by atoms with E-state index in [0.29, 0.717) is 0 Å². The average Bonchev–Trinajstić information content (AvgIpc) is 0.918. The molecule has 0 nitrogen and oxygen atoms in total. The Balaban J connectivity index is 0. The van der Waals surface area contributed by atoms with Gasteiger partial charge in [0.2, 0.25) is 0 Å². The van der Waals surface area contributed by atoms with Crippen LogP contribution < -0.4 is 0 Å². The van der Waals surface area contributed by atoms with E-state index >= 15 is 0 Å². The number of hydrogen-bond donors (Lipinski definition) is 0. The van der Waals surface area contributed by atoms with Crippen LogP contribution in [0.5, 0.6) is 0 Å². The molecular formula is C2H5SY-. The molecule has 0 aromatic heterocycles. The van der Waals surface area contributed by atoms with Crippen LogP contribution in [-0.4, -0.2) is 5.75 Å². The molecule has 0 aliphatic heterocycles. The van der Waals surface area contributed by atoms with E-state index in [9.17, 15) is 0 Å². The van der Waals surface area contributed by atoms with E-state index in [0.717, 1.165) is 5.75 Å². The van der Waals surface area contributed by atoms with Gasteiger partial charge in [-0.05, 0) is 0 Å². The van der Waals surface area contributed by atoms with Gasteiger partial charge in [0.1, 0.15) is 0 Å². The Morgan fingerprint density at radius 1 is 1.75 bits per heavy atom. The van der Waals surface area contributed by atoms with E-state index in [1.54, 1.807) is 0 Å². The molecule has 0 N–H and O–H groups in total. The Morgan fingerprint density at radius 2 is 1.75 bits per heavy atom. The first-order chi connectivity index (χ1) is 1.41. The molecule has 0 aromatic carbocycles. The standard InChI is InChI=1S/C2H6S.Y/c1-2-3;/h3H,2H2,1H3;/p-1. The maximum Gasteiger partial charge on any atom is 0 e. The van der Waals surface area contributed by atoms with Crippen molar-refractivity contribution >= 4 is 12.6 Å². The molecule has 0 aliphatic carbocycles. The average molecular weight is 150 g/mol. The van der Waals surface area contributed by atoms with Gasteiger partial charge in [0, 0.05) is 32.7 Å². The Kier molecular flexibility index (Phi) is 20.0. The molecular weight excluding hydrogens is 145 g/mol. The minimum Gasteiger partial charge on any atom is -0.793 e. The summed E-state index contributed by atoms with van der Waals surface area (Å²) in [5.74, 6) is 0.833. The molecule has 0 aromatic rings. The molecule has 0 unspecified atom stereocenters. The van der Waals surface area contributed by atoms with Crippen LogP contribution in [-0.2, 0) is 45.3 Å². The summed E-state index contributed by atoms with van der Waals surface area (Å²) >= 11 is 4.39. The smallest absolute Gasteiger partial charge is 0 e. The van der Waals surface area contributed by atoms with Crippen molar-refractivity contribution in [2.24, 2.45) is 0 Å². The fourth-order valence-electron chi connectivity index (χ4n) is 0.